The molecule has 1 saturated carbocycles. The number of hydrogen-bond acceptors (Lipinski definition) is 3. The maximum Gasteiger partial charge on any atom is 0.407 e. The van der Waals surface area contributed by atoms with E-state index in [0.29, 0.717) is 0 Å². The summed E-state index contributed by atoms with van der Waals surface area (Å²) in [6.07, 6.45) is 7.36. The molecule has 0 aliphatic heterocycles. The van der Waals surface area contributed by atoms with Crippen LogP contribution in [0.1, 0.15) is 52.0 Å². The van der Waals surface area contributed by atoms with Crippen molar-refractivity contribution in [2.24, 2.45) is 0 Å². The molecule has 1 aromatic rings. The zero-order chi connectivity index (χ0) is 19.9. The Balaban J connectivity index is 2.15. The Morgan fingerprint density at radius 1 is 1.19 bits per heavy atom. The van der Waals surface area contributed by atoms with Crippen LogP contribution in [0.5, 0.6) is 0 Å². The predicted molar refractivity (Wildman–Crippen MR) is 112 cm³/mol. The van der Waals surface area contributed by atoms with Crippen molar-refractivity contribution in [3.8, 4) is 0 Å². The molecule has 4 heteroatoms. The van der Waals surface area contributed by atoms with E-state index in [1.165, 1.54) is 5.56 Å². The number of rotatable bonds is 7. The Kier molecular flexibility index (Phi) is 7.25. The summed E-state index contributed by atoms with van der Waals surface area (Å²) in [5.41, 5.74) is 0.789. The molecule has 0 radical (unpaired) electrons. The Bertz CT molecular complexity index is 616. The molecule has 0 heterocycles. The highest BCUT2D eigenvalue weighted by atomic mass is 16.6. The molecule has 27 heavy (non-hydrogen) atoms. The van der Waals surface area contributed by atoms with Crippen LogP contribution in [0, 0.1) is 0 Å². The lowest BCUT2D eigenvalue weighted by Crippen LogP contribution is -2.52. The van der Waals surface area contributed by atoms with Crippen LogP contribution in [0.4, 0.5) is 4.79 Å². The van der Waals surface area contributed by atoms with Crippen molar-refractivity contribution < 1.29 is 9.53 Å². The van der Waals surface area contributed by atoms with Crippen molar-refractivity contribution in [3.63, 3.8) is 0 Å². The van der Waals surface area contributed by atoms with Crippen LogP contribution in [-0.2, 0) is 10.3 Å². The molecular formula is C23H34N2O2. The molecule has 0 unspecified atom stereocenters. The number of nitrogens with zero attached hydrogens (tertiary/aromatic N) is 1. The van der Waals surface area contributed by atoms with Gasteiger partial charge in [0, 0.05) is 24.7 Å². The predicted octanol–water partition coefficient (Wildman–Crippen LogP) is 5.02. The Morgan fingerprint density at radius 2 is 1.74 bits per heavy atom. The largest absolute Gasteiger partial charge is 0.444 e. The topological polar surface area (TPSA) is 41.6 Å². The monoisotopic (exact) mass is 370 g/mol. The van der Waals surface area contributed by atoms with Gasteiger partial charge in [-0.2, -0.15) is 0 Å². The van der Waals surface area contributed by atoms with E-state index < -0.39 is 5.60 Å². The minimum Gasteiger partial charge on any atom is -0.444 e. The van der Waals surface area contributed by atoms with Gasteiger partial charge in [-0.25, -0.2) is 4.79 Å². The molecule has 0 bridgehead atoms. The number of ether oxygens (including phenoxy) is 1. The lowest BCUT2D eigenvalue weighted by Gasteiger charge is -2.48. The molecule has 1 N–H and O–H groups in total. The fraction of sp³-hybridized carbons (Fsp3) is 0.522. The third kappa shape index (κ3) is 5.70. The van der Waals surface area contributed by atoms with E-state index in [2.05, 4.69) is 53.7 Å². The van der Waals surface area contributed by atoms with Crippen LogP contribution < -0.4 is 5.32 Å². The molecule has 0 spiro atoms. The van der Waals surface area contributed by atoms with E-state index in [-0.39, 0.29) is 17.7 Å². The number of carbonyl (C=O) groups is 1. The summed E-state index contributed by atoms with van der Waals surface area (Å²) in [4.78, 5) is 14.6. The highest BCUT2D eigenvalue weighted by Crippen LogP contribution is 2.42. The first-order valence-corrected chi connectivity index (χ1v) is 9.82. The Morgan fingerprint density at radius 3 is 2.22 bits per heavy atom. The van der Waals surface area contributed by atoms with Gasteiger partial charge in [0.15, 0.2) is 0 Å². The number of benzene rings is 1. The third-order valence-electron chi connectivity index (χ3n) is 5.15. The summed E-state index contributed by atoms with van der Waals surface area (Å²) >= 11 is 0. The van der Waals surface area contributed by atoms with Gasteiger partial charge in [-0.15, -0.1) is 13.2 Å². The summed E-state index contributed by atoms with van der Waals surface area (Å²) in [5.74, 6) is 0. The van der Waals surface area contributed by atoms with Crippen molar-refractivity contribution in [2.45, 2.75) is 63.6 Å². The number of hydrogen-bond donors (Lipinski definition) is 1. The minimum atomic E-state index is -0.475. The molecule has 1 aromatic carbocycles. The summed E-state index contributed by atoms with van der Waals surface area (Å²) in [5, 5.41) is 3.05. The molecule has 1 amide bonds. The summed E-state index contributed by atoms with van der Waals surface area (Å²) in [6.45, 7) is 15.2. The van der Waals surface area contributed by atoms with Crippen LogP contribution in [0.15, 0.2) is 55.6 Å². The van der Waals surface area contributed by atoms with Gasteiger partial charge in [0.25, 0.3) is 0 Å². The molecule has 0 atom stereocenters. The average molecular weight is 371 g/mol. The smallest absolute Gasteiger partial charge is 0.407 e. The van der Waals surface area contributed by atoms with Crippen molar-refractivity contribution in [3.05, 3.63) is 61.2 Å². The quantitative estimate of drug-likeness (QED) is 0.685. The van der Waals surface area contributed by atoms with Crippen molar-refractivity contribution in [2.75, 3.05) is 13.1 Å². The summed E-state index contributed by atoms with van der Waals surface area (Å²) < 4.78 is 5.41. The summed E-state index contributed by atoms with van der Waals surface area (Å²) in [6, 6.07) is 10.8. The molecule has 0 saturated heterocycles. The Labute approximate surface area is 164 Å². The molecule has 0 aromatic heterocycles. The maximum atomic E-state index is 12.1. The molecule has 148 valence electrons. The maximum absolute atomic E-state index is 12.1. The highest BCUT2D eigenvalue weighted by Gasteiger charge is 2.41. The van der Waals surface area contributed by atoms with E-state index in [1.807, 2.05) is 32.9 Å². The second kappa shape index (κ2) is 9.23. The van der Waals surface area contributed by atoms with Gasteiger partial charge in [-0.3, -0.25) is 4.90 Å². The molecule has 4 nitrogen and oxygen atoms in total. The van der Waals surface area contributed by atoms with Crippen LogP contribution in [0.3, 0.4) is 0 Å². The average Bonchev–Trinajstić information content (AvgIpc) is 2.61. The van der Waals surface area contributed by atoms with Crippen molar-refractivity contribution >= 4 is 6.09 Å². The number of carbonyl (C=O) groups excluding carboxylic acids is 1. The van der Waals surface area contributed by atoms with Gasteiger partial charge >= 0.3 is 6.09 Å². The fourth-order valence-corrected chi connectivity index (χ4v) is 3.99. The van der Waals surface area contributed by atoms with E-state index in [1.54, 1.807) is 0 Å². The van der Waals surface area contributed by atoms with Crippen LogP contribution in [0.25, 0.3) is 0 Å². The number of nitrogens with one attached hydrogen (secondary N) is 1. The first kappa shape index (κ1) is 21.2. The van der Waals surface area contributed by atoms with Crippen molar-refractivity contribution in [1.82, 2.24) is 10.2 Å². The normalized spacial score (nSPS) is 22.9. The highest BCUT2D eigenvalue weighted by molar-refractivity contribution is 5.68. The lowest BCUT2D eigenvalue weighted by atomic mass is 9.73. The van der Waals surface area contributed by atoms with Crippen LogP contribution >= 0.6 is 0 Å². The van der Waals surface area contributed by atoms with E-state index >= 15 is 0 Å². The van der Waals surface area contributed by atoms with Crippen molar-refractivity contribution in [1.29, 1.82) is 0 Å². The summed E-state index contributed by atoms with van der Waals surface area (Å²) in [7, 11) is 0. The number of amides is 1. The van der Waals surface area contributed by atoms with Crippen LogP contribution in [0.2, 0.25) is 0 Å². The SMILES string of the molecule is C=CCN(CC=C)[C@]1(c2ccccc2)CC[C@H](NC(=O)OC(C)(C)C)CC1. The number of alkyl carbamates (subject to hydrolysis) is 1. The third-order valence-corrected chi connectivity index (χ3v) is 5.15. The van der Waals surface area contributed by atoms with Gasteiger partial charge in [-0.05, 0) is 52.0 Å². The zero-order valence-corrected chi connectivity index (χ0v) is 17.0. The lowest BCUT2D eigenvalue weighted by molar-refractivity contribution is 0.0376. The molecule has 1 aliphatic carbocycles. The van der Waals surface area contributed by atoms with Gasteiger partial charge in [-0.1, -0.05) is 42.5 Å². The molecule has 1 fully saturated rings. The van der Waals surface area contributed by atoms with E-state index in [0.717, 1.165) is 38.8 Å². The van der Waals surface area contributed by atoms with Crippen LogP contribution in [-0.4, -0.2) is 35.7 Å². The first-order valence-electron chi connectivity index (χ1n) is 9.82. The molecule has 1 aliphatic rings. The molecule has 2 rings (SSSR count). The second-order valence-electron chi connectivity index (χ2n) is 8.30. The first-order chi connectivity index (χ1) is 12.8. The zero-order valence-electron chi connectivity index (χ0n) is 17.0. The minimum absolute atomic E-state index is 0.0598. The van der Waals surface area contributed by atoms with Gasteiger partial charge in [0.2, 0.25) is 0 Å². The Hall–Kier alpha value is -2.07. The second-order valence-corrected chi connectivity index (χ2v) is 8.30. The van der Waals surface area contributed by atoms with E-state index in [9.17, 15) is 4.79 Å². The van der Waals surface area contributed by atoms with E-state index in [4.69, 9.17) is 4.74 Å². The standard InChI is InChI=1S/C23H34N2O2/c1-6-17-25(18-7-2)23(19-11-9-8-10-12-19)15-13-20(14-16-23)24-21(26)27-22(3,4)5/h6-12,20H,1-2,13-18H2,3-5H3,(H,24,26)/t20-,23+. The van der Waals surface area contributed by atoms with Gasteiger partial charge in [0.1, 0.15) is 5.60 Å². The van der Waals surface area contributed by atoms with Gasteiger partial charge < -0.3 is 10.1 Å². The molecular weight excluding hydrogens is 336 g/mol. The fourth-order valence-electron chi connectivity index (χ4n) is 3.99. The van der Waals surface area contributed by atoms with Gasteiger partial charge in [0.05, 0.1) is 0 Å².